The number of nitrogens with zero attached hydrogens (tertiary/aromatic N) is 1. The Morgan fingerprint density at radius 1 is 1.00 bits per heavy atom. The topological polar surface area (TPSA) is 61.4 Å². The molecule has 0 spiro atoms. The SMILES string of the molecule is CC1CCN(c2ccc(NC(=O)CCCNC(=O)c3ccccc3)cc2)CC1. The van der Waals surface area contributed by atoms with Crippen LogP contribution in [0.5, 0.6) is 0 Å². The molecule has 0 saturated carbocycles. The zero-order valence-electron chi connectivity index (χ0n) is 16.5. The molecule has 1 aliphatic heterocycles. The quantitative estimate of drug-likeness (QED) is 0.713. The molecular formula is C23H29N3O2. The van der Waals surface area contributed by atoms with E-state index < -0.39 is 0 Å². The molecular weight excluding hydrogens is 350 g/mol. The number of carbonyl (C=O) groups excluding carboxylic acids is 2. The lowest BCUT2D eigenvalue weighted by molar-refractivity contribution is -0.116. The lowest BCUT2D eigenvalue weighted by atomic mass is 9.99. The number of amides is 2. The normalized spacial score (nSPS) is 14.5. The number of hydrogen-bond donors (Lipinski definition) is 2. The molecule has 1 heterocycles. The standard InChI is InChI=1S/C23H29N3O2/c1-18-13-16-26(17-14-18)21-11-9-20(10-12-21)25-22(27)8-5-15-24-23(28)19-6-3-2-4-7-19/h2-4,6-7,9-12,18H,5,8,13-17H2,1H3,(H,24,28)(H,25,27). The molecule has 28 heavy (non-hydrogen) atoms. The smallest absolute Gasteiger partial charge is 0.251 e. The van der Waals surface area contributed by atoms with E-state index in [1.165, 1.54) is 18.5 Å². The van der Waals surface area contributed by atoms with Crippen LogP contribution in [-0.4, -0.2) is 31.4 Å². The summed E-state index contributed by atoms with van der Waals surface area (Å²) < 4.78 is 0. The summed E-state index contributed by atoms with van der Waals surface area (Å²) in [6.07, 6.45) is 3.45. The summed E-state index contributed by atoms with van der Waals surface area (Å²) >= 11 is 0. The third-order valence-corrected chi connectivity index (χ3v) is 5.20. The van der Waals surface area contributed by atoms with E-state index in [0.717, 1.165) is 24.7 Å². The molecule has 2 amide bonds. The van der Waals surface area contributed by atoms with Crippen molar-refractivity contribution in [1.82, 2.24) is 5.32 Å². The predicted molar refractivity (Wildman–Crippen MR) is 114 cm³/mol. The molecule has 0 bridgehead atoms. The first-order valence-electron chi connectivity index (χ1n) is 10.1. The first-order valence-corrected chi connectivity index (χ1v) is 10.1. The highest BCUT2D eigenvalue weighted by Gasteiger charge is 2.15. The van der Waals surface area contributed by atoms with Gasteiger partial charge in [0.25, 0.3) is 5.91 Å². The van der Waals surface area contributed by atoms with Gasteiger partial charge in [-0.3, -0.25) is 9.59 Å². The summed E-state index contributed by atoms with van der Waals surface area (Å²) in [5, 5.41) is 5.77. The first kappa shape index (κ1) is 19.9. The number of anilines is 2. The van der Waals surface area contributed by atoms with Crippen molar-refractivity contribution in [3.8, 4) is 0 Å². The Balaban J connectivity index is 1.37. The van der Waals surface area contributed by atoms with Gasteiger partial charge >= 0.3 is 0 Å². The van der Waals surface area contributed by atoms with Crippen LogP contribution < -0.4 is 15.5 Å². The van der Waals surface area contributed by atoms with Gasteiger partial charge in [0.05, 0.1) is 0 Å². The van der Waals surface area contributed by atoms with E-state index in [-0.39, 0.29) is 11.8 Å². The largest absolute Gasteiger partial charge is 0.372 e. The number of rotatable bonds is 7. The lowest BCUT2D eigenvalue weighted by Crippen LogP contribution is -2.32. The highest BCUT2D eigenvalue weighted by atomic mass is 16.2. The molecule has 0 unspecified atom stereocenters. The molecule has 1 fully saturated rings. The highest BCUT2D eigenvalue weighted by molar-refractivity contribution is 5.94. The van der Waals surface area contributed by atoms with Crippen LogP contribution >= 0.6 is 0 Å². The summed E-state index contributed by atoms with van der Waals surface area (Å²) in [4.78, 5) is 26.5. The monoisotopic (exact) mass is 379 g/mol. The van der Waals surface area contributed by atoms with Crippen LogP contribution in [0.2, 0.25) is 0 Å². The fourth-order valence-electron chi connectivity index (χ4n) is 3.39. The van der Waals surface area contributed by atoms with Gasteiger partial charge in [0.1, 0.15) is 0 Å². The van der Waals surface area contributed by atoms with Crippen LogP contribution in [0.4, 0.5) is 11.4 Å². The van der Waals surface area contributed by atoms with E-state index in [1.54, 1.807) is 12.1 Å². The second-order valence-corrected chi connectivity index (χ2v) is 7.49. The van der Waals surface area contributed by atoms with Crippen molar-refractivity contribution in [3.05, 3.63) is 60.2 Å². The maximum Gasteiger partial charge on any atom is 0.251 e. The van der Waals surface area contributed by atoms with Crippen molar-refractivity contribution >= 4 is 23.2 Å². The van der Waals surface area contributed by atoms with E-state index in [4.69, 9.17) is 0 Å². The average molecular weight is 380 g/mol. The molecule has 3 rings (SSSR count). The molecule has 0 aliphatic carbocycles. The van der Waals surface area contributed by atoms with E-state index in [2.05, 4.69) is 34.6 Å². The molecule has 0 aromatic heterocycles. The molecule has 5 heteroatoms. The van der Waals surface area contributed by atoms with Gasteiger partial charge in [-0.1, -0.05) is 25.1 Å². The van der Waals surface area contributed by atoms with Gasteiger partial charge in [-0.05, 0) is 61.6 Å². The van der Waals surface area contributed by atoms with Crippen LogP contribution in [-0.2, 0) is 4.79 Å². The van der Waals surface area contributed by atoms with Gasteiger partial charge < -0.3 is 15.5 Å². The molecule has 5 nitrogen and oxygen atoms in total. The summed E-state index contributed by atoms with van der Waals surface area (Å²) in [6.45, 7) is 4.99. The number of benzene rings is 2. The van der Waals surface area contributed by atoms with Crippen LogP contribution in [0.25, 0.3) is 0 Å². The summed E-state index contributed by atoms with van der Waals surface area (Å²) in [5.41, 5.74) is 2.66. The molecule has 148 valence electrons. The Kier molecular flexibility index (Phi) is 7.06. The van der Waals surface area contributed by atoms with Crippen LogP contribution in [0.15, 0.2) is 54.6 Å². The van der Waals surface area contributed by atoms with Crippen LogP contribution in [0, 0.1) is 5.92 Å². The molecule has 1 saturated heterocycles. The van der Waals surface area contributed by atoms with Crippen molar-refractivity contribution in [2.24, 2.45) is 5.92 Å². The maximum atomic E-state index is 12.1. The maximum absolute atomic E-state index is 12.1. The van der Waals surface area contributed by atoms with E-state index in [1.807, 2.05) is 30.3 Å². The van der Waals surface area contributed by atoms with Gasteiger partial charge in [0.15, 0.2) is 0 Å². The van der Waals surface area contributed by atoms with E-state index >= 15 is 0 Å². The van der Waals surface area contributed by atoms with Gasteiger partial charge in [0.2, 0.25) is 5.91 Å². The number of carbonyl (C=O) groups is 2. The number of nitrogens with one attached hydrogen (secondary N) is 2. The predicted octanol–water partition coefficient (Wildman–Crippen LogP) is 4.07. The highest BCUT2D eigenvalue weighted by Crippen LogP contribution is 2.24. The Bertz CT molecular complexity index is 766. The van der Waals surface area contributed by atoms with Gasteiger partial charge in [-0.25, -0.2) is 0 Å². The van der Waals surface area contributed by atoms with Crippen molar-refractivity contribution in [2.45, 2.75) is 32.6 Å². The lowest BCUT2D eigenvalue weighted by Gasteiger charge is -2.32. The molecule has 0 atom stereocenters. The number of piperidine rings is 1. The zero-order valence-corrected chi connectivity index (χ0v) is 16.5. The Hall–Kier alpha value is -2.82. The summed E-state index contributed by atoms with van der Waals surface area (Å²) in [6, 6.07) is 17.2. The van der Waals surface area contributed by atoms with E-state index in [9.17, 15) is 9.59 Å². The molecule has 2 N–H and O–H groups in total. The fraction of sp³-hybridized carbons (Fsp3) is 0.391. The molecule has 1 aliphatic rings. The van der Waals surface area contributed by atoms with Gasteiger partial charge in [-0.2, -0.15) is 0 Å². The minimum atomic E-state index is -0.108. The number of hydrogen-bond acceptors (Lipinski definition) is 3. The van der Waals surface area contributed by atoms with Gasteiger partial charge in [-0.15, -0.1) is 0 Å². The first-order chi connectivity index (χ1) is 13.6. The molecule has 0 radical (unpaired) electrons. The Labute approximate surface area is 167 Å². The van der Waals surface area contributed by atoms with Crippen molar-refractivity contribution < 1.29 is 9.59 Å². The van der Waals surface area contributed by atoms with Crippen LogP contribution in [0.1, 0.15) is 43.0 Å². The van der Waals surface area contributed by atoms with Crippen molar-refractivity contribution in [1.29, 1.82) is 0 Å². The van der Waals surface area contributed by atoms with Gasteiger partial charge in [0, 0.05) is 43.0 Å². The van der Waals surface area contributed by atoms with Crippen molar-refractivity contribution in [2.75, 3.05) is 29.9 Å². The van der Waals surface area contributed by atoms with E-state index in [0.29, 0.717) is 24.9 Å². The molecule has 2 aromatic rings. The zero-order chi connectivity index (χ0) is 19.8. The van der Waals surface area contributed by atoms with Crippen molar-refractivity contribution in [3.63, 3.8) is 0 Å². The third-order valence-electron chi connectivity index (χ3n) is 5.20. The third kappa shape index (κ3) is 5.84. The Morgan fingerprint density at radius 2 is 1.68 bits per heavy atom. The minimum Gasteiger partial charge on any atom is -0.372 e. The second kappa shape index (κ2) is 9.93. The molecule has 2 aromatic carbocycles. The van der Waals surface area contributed by atoms with Crippen LogP contribution in [0.3, 0.4) is 0 Å². The summed E-state index contributed by atoms with van der Waals surface area (Å²) in [5.74, 6) is 0.671. The summed E-state index contributed by atoms with van der Waals surface area (Å²) in [7, 11) is 0. The minimum absolute atomic E-state index is 0.0338. The fourth-order valence-corrected chi connectivity index (χ4v) is 3.39. The average Bonchev–Trinajstić information content (AvgIpc) is 2.73. The Morgan fingerprint density at radius 3 is 2.36 bits per heavy atom. The second-order valence-electron chi connectivity index (χ2n) is 7.49.